The summed E-state index contributed by atoms with van der Waals surface area (Å²) in [6.07, 6.45) is 0. The van der Waals surface area contributed by atoms with Crippen molar-refractivity contribution in [3.05, 3.63) is 115 Å². The van der Waals surface area contributed by atoms with Gasteiger partial charge in [-0.1, -0.05) is 54.6 Å². The summed E-state index contributed by atoms with van der Waals surface area (Å²) in [7, 11) is 2.12. The monoisotopic (exact) mass is 494 g/mol. The molecule has 0 fully saturated rings. The van der Waals surface area contributed by atoms with Crippen LogP contribution in [-0.4, -0.2) is 7.05 Å². The van der Waals surface area contributed by atoms with Crippen molar-refractivity contribution in [1.29, 1.82) is 0 Å². The van der Waals surface area contributed by atoms with Crippen molar-refractivity contribution >= 4 is 54.2 Å². The maximum absolute atomic E-state index is 2.71. The van der Waals surface area contributed by atoms with Crippen LogP contribution in [0.3, 0.4) is 0 Å². The minimum absolute atomic E-state index is 1.19. The van der Waals surface area contributed by atoms with Gasteiger partial charge in [-0.05, 0) is 60.7 Å². The molecule has 0 spiro atoms. The highest BCUT2D eigenvalue weighted by molar-refractivity contribution is 14.2. The van der Waals surface area contributed by atoms with Crippen LogP contribution in [0, 0.1) is 0 Å². The van der Waals surface area contributed by atoms with Gasteiger partial charge in [-0.25, -0.2) is 0 Å². The first-order valence-corrected chi connectivity index (χ1v) is 13.9. The fourth-order valence-electron chi connectivity index (χ4n) is 3.40. The van der Waals surface area contributed by atoms with Crippen LogP contribution >= 0.6 is 26.9 Å². The number of hydrogen-bond acceptors (Lipinski definition) is 1. The molecule has 138 valence electrons. The van der Waals surface area contributed by atoms with E-state index in [1.807, 2.05) is 0 Å². The van der Waals surface area contributed by atoms with Gasteiger partial charge in [-0.3, -0.25) is 0 Å². The zero-order valence-corrected chi connectivity index (χ0v) is 18.8. The van der Waals surface area contributed by atoms with Gasteiger partial charge in [0.2, 0.25) is 0 Å². The van der Waals surface area contributed by atoms with Gasteiger partial charge in [0.05, 0.1) is 0 Å². The van der Waals surface area contributed by atoms with E-state index < -0.39 is 4.90 Å². The van der Waals surface area contributed by atoms with Crippen molar-refractivity contribution in [2.75, 3.05) is 11.9 Å². The summed E-state index contributed by atoms with van der Waals surface area (Å²) >= 11 is 2.71. The van der Waals surface area contributed by atoms with Gasteiger partial charge < -0.3 is 4.90 Å². The molecule has 4 rings (SSSR count). The lowest BCUT2D eigenvalue weighted by Crippen LogP contribution is -2.26. The maximum Gasteiger partial charge on any atom is 0.173 e. The van der Waals surface area contributed by atoms with Gasteiger partial charge in [-0.2, -0.15) is 0 Å². The summed E-state index contributed by atoms with van der Waals surface area (Å²) in [5.74, 6) is 0. The molecular weight excluding hydrogens is 472 g/mol. The van der Waals surface area contributed by atoms with E-state index in [0.29, 0.717) is 0 Å². The number of benzene rings is 4. The topological polar surface area (TPSA) is 3.24 Å². The normalized spacial score (nSPS) is 11.2. The van der Waals surface area contributed by atoms with Crippen LogP contribution in [0.15, 0.2) is 115 Å². The summed E-state index contributed by atoms with van der Waals surface area (Å²) < 4.78 is 0. The molecule has 0 aliphatic heterocycles. The van der Waals surface area contributed by atoms with E-state index in [1.54, 1.807) is 0 Å². The third-order valence-corrected chi connectivity index (χ3v) is 13.0. The third kappa shape index (κ3) is 3.72. The maximum atomic E-state index is 2.71. The minimum Gasteiger partial charge on any atom is -0.345 e. The molecule has 0 heterocycles. The molecule has 4 aromatic carbocycles. The molecule has 0 amide bonds. The molecule has 0 aliphatic carbocycles. The first kappa shape index (κ1) is 19.2. The summed E-state index contributed by atoms with van der Waals surface area (Å²) in [5, 5.41) is 4.17. The molecule has 0 radical (unpaired) electrons. The quantitative estimate of drug-likeness (QED) is 0.240. The third-order valence-electron chi connectivity index (χ3n) is 4.96. The van der Waals surface area contributed by atoms with Crippen molar-refractivity contribution in [2.45, 2.75) is 0 Å². The van der Waals surface area contributed by atoms with E-state index in [-0.39, 0.29) is 0 Å². The summed E-state index contributed by atoms with van der Waals surface area (Å²) in [6, 6.07) is 41.3. The molecule has 0 unspecified atom stereocenters. The number of rotatable bonds is 5. The average Bonchev–Trinajstić information content (AvgIpc) is 2.80. The second kappa shape index (κ2) is 8.46. The van der Waals surface area contributed by atoms with Crippen LogP contribution in [-0.2, 0) is 0 Å². The number of nitrogens with zero attached hydrogens (tertiary/aromatic N) is 1. The Morgan fingerprint density at radius 3 is 1.32 bits per heavy atom. The highest BCUT2D eigenvalue weighted by Gasteiger charge is 2.43. The number of hydrogen-bond donors (Lipinski definition) is 0. The Hall–Kier alpha value is -2.16. The number of anilines is 2. The average molecular weight is 494 g/mol. The molecular formula is C25H22INP+. The standard InChI is InChI=1S/C25H22INP/c1-27(21-11-5-2-6-12-21)22-17-19-25(20-18-22)28(26,23-13-7-3-8-14-23)24-15-9-4-10-16-24/h2-20H,1H3/q+1. The Balaban J connectivity index is 1.76. The smallest absolute Gasteiger partial charge is 0.173 e. The van der Waals surface area contributed by atoms with Gasteiger partial charge in [0.1, 0.15) is 15.9 Å². The van der Waals surface area contributed by atoms with Crippen molar-refractivity contribution < 1.29 is 0 Å². The van der Waals surface area contributed by atoms with Gasteiger partial charge in [0.25, 0.3) is 0 Å². The molecule has 1 nitrogen and oxygen atoms in total. The Labute approximate surface area is 180 Å². The number of para-hydroxylation sites is 1. The Kier molecular flexibility index (Phi) is 5.79. The highest BCUT2D eigenvalue weighted by Crippen LogP contribution is 2.63. The highest BCUT2D eigenvalue weighted by atomic mass is 127. The van der Waals surface area contributed by atoms with E-state index in [0.717, 1.165) is 0 Å². The van der Waals surface area contributed by atoms with E-state index in [2.05, 4.69) is 149 Å². The van der Waals surface area contributed by atoms with E-state index in [1.165, 1.54) is 27.3 Å². The van der Waals surface area contributed by atoms with Crippen molar-refractivity contribution in [2.24, 2.45) is 0 Å². The Morgan fingerprint density at radius 1 is 0.500 bits per heavy atom. The van der Waals surface area contributed by atoms with Crippen LogP contribution in [0.25, 0.3) is 0 Å². The molecule has 4 aromatic rings. The molecule has 0 bridgehead atoms. The van der Waals surface area contributed by atoms with Crippen LogP contribution in [0.4, 0.5) is 11.4 Å². The fourth-order valence-corrected chi connectivity index (χ4v) is 8.91. The largest absolute Gasteiger partial charge is 0.345 e. The lowest BCUT2D eigenvalue weighted by atomic mass is 10.2. The lowest BCUT2D eigenvalue weighted by Gasteiger charge is -2.22. The predicted molar refractivity (Wildman–Crippen MR) is 134 cm³/mol. The second-order valence-corrected chi connectivity index (χ2v) is 13.7. The molecule has 0 aliphatic rings. The van der Waals surface area contributed by atoms with Gasteiger partial charge in [0.15, 0.2) is 26.9 Å². The van der Waals surface area contributed by atoms with Crippen molar-refractivity contribution in [1.82, 2.24) is 0 Å². The van der Waals surface area contributed by atoms with Gasteiger partial charge in [-0.15, -0.1) is 0 Å². The Morgan fingerprint density at radius 2 is 0.857 bits per heavy atom. The molecule has 0 aromatic heterocycles. The second-order valence-electron chi connectivity index (χ2n) is 6.67. The fraction of sp³-hybridized carbons (Fsp3) is 0.0400. The molecule has 0 atom stereocenters. The minimum atomic E-state index is -1.70. The zero-order chi connectivity index (χ0) is 19.4. The first-order valence-electron chi connectivity index (χ1n) is 9.29. The Bertz CT molecular complexity index is 979. The van der Waals surface area contributed by atoms with E-state index in [9.17, 15) is 0 Å². The number of halogens is 1. The van der Waals surface area contributed by atoms with Gasteiger partial charge in [0, 0.05) is 18.4 Å². The predicted octanol–water partition coefficient (Wildman–Crippen LogP) is 6.10. The summed E-state index contributed by atoms with van der Waals surface area (Å²) in [5.41, 5.74) is 2.39. The zero-order valence-electron chi connectivity index (χ0n) is 15.7. The van der Waals surface area contributed by atoms with Crippen molar-refractivity contribution in [3.63, 3.8) is 0 Å². The van der Waals surface area contributed by atoms with Crippen LogP contribution in [0.1, 0.15) is 0 Å². The molecule has 0 N–H and O–H groups in total. The van der Waals surface area contributed by atoms with Crippen LogP contribution in [0.2, 0.25) is 0 Å². The van der Waals surface area contributed by atoms with Crippen molar-refractivity contribution in [3.8, 4) is 0 Å². The molecule has 3 heteroatoms. The van der Waals surface area contributed by atoms with Gasteiger partial charge >= 0.3 is 0 Å². The molecule has 0 saturated heterocycles. The van der Waals surface area contributed by atoms with E-state index >= 15 is 0 Å². The van der Waals surface area contributed by atoms with E-state index in [4.69, 9.17) is 0 Å². The summed E-state index contributed by atoms with van der Waals surface area (Å²) in [4.78, 5) is 0.527. The molecule has 0 saturated carbocycles. The molecule has 28 heavy (non-hydrogen) atoms. The SMILES string of the molecule is CN(c1ccccc1)c1ccc([P+](I)(c2ccccc2)c2ccccc2)cc1. The van der Waals surface area contributed by atoms with Crippen LogP contribution < -0.4 is 20.8 Å². The van der Waals surface area contributed by atoms with Crippen LogP contribution in [0.5, 0.6) is 0 Å². The lowest BCUT2D eigenvalue weighted by molar-refractivity contribution is 1.21. The summed E-state index contributed by atoms with van der Waals surface area (Å²) in [6.45, 7) is 0. The first-order chi connectivity index (χ1) is 13.7.